The van der Waals surface area contributed by atoms with Crippen LogP contribution < -0.4 is 10.6 Å². The lowest BCUT2D eigenvalue weighted by Crippen LogP contribution is -2.33. The summed E-state index contributed by atoms with van der Waals surface area (Å²) in [5, 5.41) is 5.29. The van der Waals surface area contributed by atoms with Crippen LogP contribution in [0.1, 0.15) is 21.5 Å². The van der Waals surface area contributed by atoms with Gasteiger partial charge in [-0.2, -0.15) is 0 Å². The molecule has 1 aliphatic heterocycles. The number of hydrogen-bond donors (Lipinski definition) is 2. The van der Waals surface area contributed by atoms with Crippen LogP contribution in [-0.2, 0) is 22.7 Å². The van der Waals surface area contributed by atoms with E-state index in [1.165, 1.54) is 18.2 Å². The van der Waals surface area contributed by atoms with Crippen molar-refractivity contribution >= 4 is 35.0 Å². The average Bonchev–Trinajstić information content (AvgIpc) is 3.03. The van der Waals surface area contributed by atoms with Crippen LogP contribution in [0.5, 0.6) is 0 Å². The topological polar surface area (TPSA) is 78.5 Å². The molecule has 0 atom stereocenters. The predicted molar refractivity (Wildman–Crippen MR) is 123 cm³/mol. The number of para-hydroxylation sites is 1. The Hall–Kier alpha value is -3.97. The van der Waals surface area contributed by atoms with E-state index in [9.17, 15) is 18.8 Å². The Labute approximate surface area is 194 Å². The van der Waals surface area contributed by atoms with Gasteiger partial charge in [0, 0.05) is 12.1 Å². The van der Waals surface area contributed by atoms with E-state index in [4.69, 9.17) is 11.6 Å². The molecule has 8 heteroatoms. The van der Waals surface area contributed by atoms with E-state index in [2.05, 4.69) is 10.6 Å². The number of rotatable bonds is 7. The normalized spacial score (nSPS) is 13.5. The van der Waals surface area contributed by atoms with Gasteiger partial charge in [0.25, 0.3) is 17.7 Å². The minimum atomic E-state index is -0.548. The molecule has 1 aliphatic rings. The quantitative estimate of drug-likeness (QED) is 0.515. The van der Waals surface area contributed by atoms with E-state index in [1.54, 1.807) is 30.3 Å². The summed E-state index contributed by atoms with van der Waals surface area (Å²) in [7, 11) is 0. The van der Waals surface area contributed by atoms with Gasteiger partial charge in [0.1, 0.15) is 16.5 Å². The highest BCUT2D eigenvalue weighted by atomic mass is 35.5. The Morgan fingerprint density at radius 3 is 2.21 bits per heavy atom. The zero-order valence-corrected chi connectivity index (χ0v) is 18.1. The lowest BCUT2D eigenvalue weighted by molar-refractivity contribution is -0.138. The van der Waals surface area contributed by atoms with Gasteiger partial charge in [-0.15, -0.1) is 0 Å². The third-order valence-electron chi connectivity index (χ3n) is 5.10. The monoisotopic (exact) mass is 463 g/mol. The van der Waals surface area contributed by atoms with Crippen LogP contribution in [0.4, 0.5) is 10.1 Å². The van der Waals surface area contributed by atoms with Gasteiger partial charge < -0.3 is 10.6 Å². The first-order valence-electron chi connectivity index (χ1n) is 10.1. The number of nitrogens with zero attached hydrogens (tertiary/aromatic N) is 1. The first kappa shape index (κ1) is 22.2. The highest BCUT2D eigenvalue weighted by Gasteiger charge is 2.37. The first-order chi connectivity index (χ1) is 15.9. The van der Waals surface area contributed by atoms with Gasteiger partial charge in [-0.1, -0.05) is 66.2 Å². The number of benzene rings is 3. The molecule has 0 aromatic heterocycles. The maximum absolute atomic E-state index is 13.7. The van der Waals surface area contributed by atoms with Crippen LogP contribution in [0.15, 0.2) is 89.6 Å². The molecule has 3 aromatic carbocycles. The average molecular weight is 464 g/mol. The molecule has 0 unspecified atom stereocenters. The number of carbonyl (C=O) groups excluding carboxylic acids is 3. The Balaban J connectivity index is 1.38. The molecule has 1 heterocycles. The molecular weight excluding hydrogens is 445 g/mol. The zero-order valence-electron chi connectivity index (χ0n) is 17.3. The third kappa shape index (κ3) is 4.94. The summed E-state index contributed by atoms with van der Waals surface area (Å²) in [4.78, 5) is 38.6. The molecule has 0 fully saturated rings. The molecule has 166 valence electrons. The number of nitrogens with one attached hydrogen (secondary N) is 2. The summed E-state index contributed by atoms with van der Waals surface area (Å²) >= 11 is 6.13. The zero-order chi connectivity index (χ0) is 23.4. The Kier molecular flexibility index (Phi) is 6.51. The van der Waals surface area contributed by atoms with Crippen molar-refractivity contribution in [1.29, 1.82) is 0 Å². The van der Waals surface area contributed by atoms with Crippen LogP contribution in [0.3, 0.4) is 0 Å². The van der Waals surface area contributed by atoms with Crippen molar-refractivity contribution in [3.8, 4) is 0 Å². The fourth-order valence-corrected chi connectivity index (χ4v) is 3.58. The highest BCUT2D eigenvalue weighted by molar-refractivity contribution is 6.47. The fourth-order valence-electron chi connectivity index (χ4n) is 3.33. The molecule has 3 amide bonds. The van der Waals surface area contributed by atoms with Crippen LogP contribution >= 0.6 is 11.6 Å². The number of amides is 3. The smallest absolute Gasteiger partial charge is 0.278 e. The van der Waals surface area contributed by atoms with E-state index in [0.29, 0.717) is 5.56 Å². The maximum atomic E-state index is 13.7. The molecule has 33 heavy (non-hydrogen) atoms. The van der Waals surface area contributed by atoms with E-state index in [-0.39, 0.29) is 29.5 Å². The molecule has 0 radical (unpaired) electrons. The van der Waals surface area contributed by atoms with Crippen molar-refractivity contribution in [3.63, 3.8) is 0 Å². The summed E-state index contributed by atoms with van der Waals surface area (Å²) in [6.45, 7) is 0.352. The van der Waals surface area contributed by atoms with Crippen molar-refractivity contribution in [1.82, 2.24) is 10.2 Å². The molecule has 4 rings (SSSR count). The summed E-state index contributed by atoms with van der Waals surface area (Å²) in [6.07, 6.45) is 0. The second kappa shape index (κ2) is 9.67. The molecule has 0 saturated carbocycles. The standard InChI is InChI=1S/C25H19ClFN3O3/c26-21-22(25(33)30(24(21)32)15-17-6-2-1-3-7-17)28-14-16-10-12-18(13-11-16)23(31)29-20-9-5-4-8-19(20)27/h1-13,28H,14-15H2,(H,29,31). The van der Waals surface area contributed by atoms with Crippen molar-refractivity contribution in [2.24, 2.45) is 0 Å². The number of anilines is 1. The van der Waals surface area contributed by atoms with Gasteiger partial charge in [-0.25, -0.2) is 4.39 Å². The predicted octanol–water partition coefficient (Wildman–Crippen LogP) is 4.19. The molecule has 0 spiro atoms. The third-order valence-corrected chi connectivity index (χ3v) is 5.45. The van der Waals surface area contributed by atoms with E-state index >= 15 is 0 Å². The van der Waals surface area contributed by atoms with Crippen LogP contribution in [0.25, 0.3) is 0 Å². The summed E-state index contributed by atoms with van der Waals surface area (Å²) in [5.41, 5.74) is 2.06. The van der Waals surface area contributed by atoms with E-state index < -0.39 is 23.5 Å². The summed E-state index contributed by atoms with van der Waals surface area (Å²) in [6, 6.07) is 21.6. The molecule has 2 N–H and O–H groups in total. The minimum absolute atomic E-state index is 0.0407. The number of carbonyl (C=O) groups is 3. The molecule has 0 bridgehead atoms. The Morgan fingerprint density at radius 2 is 1.52 bits per heavy atom. The fraction of sp³-hybridized carbons (Fsp3) is 0.0800. The van der Waals surface area contributed by atoms with Crippen molar-refractivity contribution in [3.05, 3.63) is 112 Å². The van der Waals surface area contributed by atoms with Crippen molar-refractivity contribution in [2.75, 3.05) is 5.32 Å². The van der Waals surface area contributed by atoms with Crippen LogP contribution in [0.2, 0.25) is 0 Å². The van der Waals surface area contributed by atoms with Gasteiger partial charge in [0.2, 0.25) is 0 Å². The second-order valence-corrected chi connectivity index (χ2v) is 7.73. The SMILES string of the molecule is O=C(Nc1ccccc1F)c1ccc(CNC2=C(Cl)C(=O)N(Cc3ccccc3)C2=O)cc1. The maximum Gasteiger partial charge on any atom is 0.278 e. The molecule has 0 saturated heterocycles. The van der Waals surface area contributed by atoms with Gasteiger partial charge in [-0.3, -0.25) is 19.3 Å². The van der Waals surface area contributed by atoms with E-state index in [1.807, 2.05) is 30.3 Å². The summed E-state index contributed by atoms with van der Waals surface area (Å²) in [5.74, 6) is -2.00. The Bertz CT molecular complexity index is 1240. The number of halogens is 2. The Morgan fingerprint density at radius 1 is 0.848 bits per heavy atom. The van der Waals surface area contributed by atoms with Gasteiger partial charge in [-0.05, 0) is 35.4 Å². The molecule has 6 nitrogen and oxygen atoms in total. The second-order valence-electron chi connectivity index (χ2n) is 7.36. The first-order valence-corrected chi connectivity index (χ1v) is 10.5. The number of imide groups is 1. The van der Waals surface area contributed by atoms with Crippen LogP contribution in [-0.4, -0.2) is 22.6 Å². The lowest BCUT2D eigenvalue weighted by atomic mass is 10.1. The van der Waals surface area contributed by atoms with Gasteiger partial charge in [0.15, 0.2) is 0 Å². The summed E-state index contributed by atoms with van der Waals surface area (Å²) < 4.78 is 13.7. The minimum Gasteiger partial charge on any atom is -0.375 e. The molecule has 0 aliphatic carbocycles. The van der Waals surface area contributed by atoms with Crippen LogP contribution in [0, 0.1) is 5.82 Å². The van der Waals surface area contributed by atoms with Gasteiger partial charge >= 0.3 is 0 Å². The largest absolute Gasteiger partial charge is 0.375 e. The van der Waals surface area contributed by atoms with Crippen molar-refractivity contribution < 1.29 is 18.8 Å². The van der Waals surface area contributed by atoms with Gasteiger partial charge in [0.05, 0.1) is 12.2 Å². The lowest BCUT2D eigenvalue weighted by Gasteiger charge is -2.15. The number of hydrogen-bond acceptors (Lipinski definition) is 4. The van der Waals surface area contributed by atoms with E-state index in [0.717, 1.165) is 16.0 Å². The molecular formula is C25H19ClFN3O3. The van der Waals surface area contributed by atoms with Crippen molar-refractivity contribution in [2.45, 2.75) is 13.1 Å². The molecule has 3 aromatic rings. The highest BCUT2D eigenvalue weighted by Crippen LogP contribution is 2.24.